The first kappa shape index (κ1) is 20.5. The van der Waals surface area contributed by atoms with Gasteiger partial charge in [-0.25, -0.2) is 4.98 Å². The molecule has 6 heteroatoms. The van der Waals surface area contributed by atoms with Crippen molar-refractivity contribution >= 4 is 33.3 Å². The normalized spacial score (nSPS) is 16.2. The zero-order valence-corrected chi connectivity index (χ0v) is 19.0. The Bertz CT molecular complexity index is 1050. The zero-order chi connectivity index (χ0) is 20.4. The van der Waals surface area contributed by atoms with Crippen LogP contribution in [-0.2, 0) is 12.8 Å². The van der Waals surface area contributed by atoms with Gasteiger partial charge < -0.3 is 4.74 Å². The van der Waals surface area contributed by atoms with E-state index in [-0.39, 0.29) is 5.56 Å². The van der Waals surface area contributed by atoms with E-state index in [0.29, 0.717) is 12.5 Å². The van der Waals surface area contributed by atoms with Gasteiger partial charge in [0.05, 0.1) is 17.7 Å². The third kappa shape index (κ3) is 4.10. The number of thiophene rings is 1. The molecule has 2 aromatic heterocycles. The molecular formula is C23H28N2O2S2. The maximum absolute atomic E-state index is 13.7. The van der Waals surface area contributed by atoms with E-state index in [0.717, 1.165) is 64.7 Å². The number of ether oxygens (including phenoxy) is 1. The number of aryl methyl sites for hydroxylation is 1. The predicted octanol–water partition coefficient (Wildman–Crippen LogP) is 5.86. The Morgan fingerprint density at radius 3 is 2.79 bits per heavy atom. The van der Waals surface area contributed by atoms with E-state index in [1.165, 1.54) is 10.4 Å². The molecule has 0 saturated carbocycles. The molecule has 0 spiro atoms. The van der Waals surface area contributed by atoms with Crippen LogP contribution in [0, 0.1) is 5.92 Å². The van der Waals surface area contributed by atoms with Crippen LogP contribution in [0.3, 0.4) is 0 Å². The highest BCUT2D eigenvalue weighted by Gasteiger charge is 2.25. The van der Waals surface area contributed by atoms with Gasteiger partial charge in [0.25, 0.3) is 5.56 Å². The molecule has 1 atom stereocenters. The topological polar surface area (TPSA) is 44.1 Å². The maximum atomic E-state index is 13.7. The largest absolute Gasteiger partial charge is 0.494 e. The van der Waals surface area contributed by atoms with Crippen molar-refractivity contribution in [3.63, 3.8) is 0 Å². The number of thioether (sulfide) groups is 1. The third-order valence-corrected chi connectivity index (χ3v) is 7.61. The van der Waals surface area contributed by atoms with Crippen molar-refractivity contribution in [1.82, 2.24) is 9.55 Å². The second-order valence-corrected chi connectivity index (χ2v) is 9.84. The van der Waals surface area contributed by atoms with Gasteiger partial charge >= 0.3 is 0 Å². The summed E-state index contributed by atoms with van der Waals surface area (Å²) in [6.45, 7) is 7.08. The van der Waals surface area contributed by atoms with Gasteiger partial charge in [-0.15, -0.1) is 11.3 Å². The minimum Gasteiger partial charge on any atom is -0.494 e. The van der Waals surface area contributed by atoms with Gasteiger partial charge in [0.2, 0.25) is 0 Å². The number of aromatic nitrogens is 2. The minimum absolute atomic E-state index is 0.0743. The first-order valence-electron chi connectivity index (χ1n) is 10.6. The summed E-state index contributed by atoms with van der Waals surface area (Å²) in [5.74, 6) is 2.47. The average molecular weight is 429 g/mol. The lowest BCUT2D eigenvalue weighted by atomic mass is 9.89. The fraction of sp³-hybridized carbons (Fsp3) is 0.478. The zero-order valence-electron chi connectivity index (χ0n) is 17.4. The van der Waals surface area contributed by atoms with E-state index in [9.17, 15) is 4.79 Å². The van der Waals surface area contributed by atoms with Crippen molar-refractivity contribution in [2.45, 2.75) is 58.0 Å². The van der Waals surface area contributed by atoms with Gasteiger partial charge in [-0.3, -0.25) is 9.36 Å². The fourth-order valence-electron chi connectivity index (χ4n) is 3.86. The molecule has 2 heterocycles. The SMILES string of the molecule is CCCCSc1nc2sc3c(c2c(=O)n1-c1ccc(OCC)cc1)CCC(C)C3. The summed E-state index contributed by atoms with van der Waals surface area (Å²) in [4.78, 5) is 20.9. The van der Waals surface area contributed by atoms with Crippen molar-refractivity contribution in [2.75, 3.05) is 12.4 Å². The average Bonchev–Trinajstić information content (AvgIpc) is 3.07. The number of unbranched alkanes of at least 4 members (excludes halogenated alkanes) is 1. The van der Waals surface area contributed by atoms with Gasteiger partial charge in [-0.1, -0.05) is 32.0 Å². The highest BCUT2D eigenvalue weighted by atomic mass is 32.2. The molecule has 0 radical (unpaired) electrons. The monoisotopic (exact) mass is 428 g/mol. The Morgan fingerprint density at radius 2 is 2.07 bits per heavy atom. The second kappa shape index (κ2) is 8.92. The summed E-state index contributed by atoms with van der Waals surface area (Å²) in [5.41, 5.74) is 2.17. The highest BCUT2D eigenvalue weighted by Crippen LogP contribution is 2.37. The quantitative estimate of drug-likeness (QED) is 0.268. The summed E-state index contributed by atoms with van der Waals surface area (Å²) in [5, 5.41) is 1.64. The molecule has 4 nitrogen and oxygen atoms in total. The molecule has 0 N–H and O–H groups in total. The lowest BCUT2D eigenvalue weighted by Gasteiger charge is -2.18. The third-order valence-electron chi connectivity index (χ3n) is 5.43. The second-order valence-electron chi connectivity index (χ2n) is 7.70. The standard InChI is InChI=1S/C23H28N2O2S2/c1-4-6-13-28-23-24-21-20(18-12-7-15(3)14-19(18)29-21)22(26)25(23)16-8-10-17(11-9-16)27-5-2/h8-11,15H,4-7,12-14H2,1-3H3. The minimum atomic E-state index is 0.0743. The molecule has 4 rings (SSSR count). The Labute approximate surface area is 180 Å². The molecular weight excluding hydrogens is 400 g/mol. The van der Waals surface area contributed by atoms with Gasteiger partial charge in [-0.05, 0) is 68.4 Å². The summed E-state index contributed by atoms with van der Waals surface area (Å²) < 4.78 is 7.38. The molecule has 1 aliphatic rings. The first-order valence-corrected chi connectivity index (χ1v) is 12.4. The predicted molar refractivity (Wildman–Crippen MR) is 123 cm³/mol. The van der Waals surface area contributed by atoms with Crippen LogP contribution < -0.4 is 10.3 Å². The molecule has 154 valence electrons. The first-order chi connectivity index (χ1) is 14.1. The van der Waals surface area contributed by atoms with E-state index < -0.39 is 0 Å². The van der Waals surface area contributed by atoms with E-state index >= 15 is 0 Å². The van der Waals surface area contributed by atoms with Crippen molar-refractivity contribution in [2.24, 2.45) is 5.92 Å². The smallest absolute Gasteiger partial charge is 0.267 e. The summed E-state index contributed by atoms with van der Waals surface area (Å²) in [6.07, 6.45) is 5.44. The van der Waals surface area contributed by atoms with Crippen LogP contribution in [0.5, 0.6) is 5.75 Å². The summed E-state index contributed by atoms with van der Waals surface area (Å²) >= 11 is 3.41. The van der Waals surface area contributed by atoms with Crippen molar-refractivity contribution in [3.05, 3.63) is 45.1 Å². The molecule has 0 saturated heterocycles. The van der Waals surface area contributed by atoms with Crippen LogP contribution >= 0.6 is 23.1 Å². The Morgan fingerprint density at radius 1 is 1.28 bits per heavy atom. The Kier molecular flexibility index (Phi) is 6.30. The number of hydrogen-bond donors (Lipinski definition) is 0. The van der Waals surface area contributed by atoms with E-state index in [1.54, 1.807) is 23.1 Å². The van der Waals surface area contributed by atoms with Gasteiger partial charge in [0.1, 0.15) is 10.6 Å². The van der Waals surface area contributed by atoms with E-state index in [2.05, 4.69) is 13.8 Å². The van der Waals surface area contributed by atoms with Crippen molar-refractivity contribution < 1.29 is 4.74 Å². The van der Waals surface area contributed by atoms with Crippen LogP contribution in [0.1, 0.15) is 50.5 Å². The summed E-state index contributed by atoms with van der Waals surface area (Å²) in [7, 11) is 0. The molecule has 1 aromatic carbocycles. The molecule has 0 amide bonds. The molecule has 0 aliphatic heterocycles. The van der Waals surface area contributed by atoms with Crippen LogP contribution in [0.2, 0.25) is 0 Å². The number of nitrogens with zero attached hydrogens (tertiary/aromatic N) is 2. The Hall–Kier alpha value is -1.79. The van der Waals surface area contributed by atoms with Crippen molar-refractivity contribution in [1.29, 1.82) is 0 Å². The van der Waals surface area contributed by atoms with Crippen LogP contribution in [-0.4, -0.2) is 21.9 Å². The van der Waals surface area contributed by atoms with Gasteiger partial charge in [-0.2, -0.15) is 0 Å². The summed E-state index contributed by atoms with van der Waals surface area (Å²) in [6, 6.07) is 7.79. The van der Waals surface area contributed by atoms with E-state index in [1.807, 2.05) is 35.8 Å². The molecule has 3 aromatic rings. The molecule has 1 unspecified atom stereocenters. The van der Waals surface area contributed by atoms with E-state index in [4.69, 9.17) is 9.72 Å². The fourth-order valence-corrected chi connectivity index (χ4v) is 6.38. The van der Waals surface area contributed by atoms with Gasteiger partial charge in [0, 0.05) is 10.6 Å². The number of hydrogen-bond acceptors (Lipinski definition) is 5. The number of fused-ring (bicyclic) bond motifs is 3. The lowest BCUT2D eigenvalue weighted by Crippen LogP contribution is -2.22. The lowest BCUT2D eigenvalue weighted by molar-refractivity contribution is 0.340. The molecule has 1 aliphatic carbocycles. The van der Waals surface area contributed by atoms with Crippen molar-refractivity contribution in [3.8, 4) is 11.4 Å². The van der Waals surface area contributed by atoms with Crippen LogP contribution in [0.4, 0.5) is 0 Å². The van der Waals surface area contributed by atoms with Crippen LogP contribution in [0.25, 0.3) is 15.9 Å². The molecule has 29 heavy (non-hydrogen) atoms. The number of benzene rings is 1. The number of rotatable bonds is 7. The Balaban J connectivity index is 1.86. The molecule has 0 fully saturated rings. The van der Waals surface area contributed by atoms with Gasteiger partial charge in [0.15, 0.2) is 5.16 Å². The highest BCUT2D eigenvalue weighted by molar-refractivity contribution is 7.99. The molecule has 0 bridgehead atoms. The van der Waals surface area contributed by atoms with Crippen LogP contribution in [0.15, 0.2) is 34.2 Å². The maximum Gasteiger partial charge on any atom is 0.267 e.